The van der Waals surface area contributed by atoms with Gasteiger partial charge in [0.1, 0.15) is 0 Å². The van der Waals surface area contributed by atoms with E-state index >= 15 is 0 Å². The molecule has 0 bridgehead atoms. The van der Waals surface area contributed by atoms with E-state index in [0.717, 1.165) is 4.90 Å². The first-order valence-electron chi connectivity index (χ1n) is 5.45. The summed E-state index contributed by atoms with van der Waals surface area (Å²) < 4.78 is 24.8. The molecule has 1 aromatic carbocycles. The van der Waals surface area contributed by atoms with E-state index in [0.29, 0.717) is 11.1 Å². The molecule has 1 aliphatic heterocycles. The van der Waals surface area contributed by atoms with Crippen molar-refractivity contribution in [1.29, 1.82) is 0 Å². The lowest BCUT2D eigenvalue weighted by Crippen LogP contribution is -2.35. The molecule has 0 aromatic heterocycles. The maximum absolute atomic E-state index is 12.0. The van der Waals surface area contributed by atoms with E-state index in [-0.39, 0.29) is 18.2 Å². The summed E-state index contributed by atoms with van der Waals surface area (Å²) >= 11 is 0. The number of hydrogen-bond donors (Lipinski definition) is 2. The molecule has 0 fully saturated rings. The third kappa shape index (κ3) is 2.24. The highest BCUT2D eigenvalue weighted by Crippen LogP contribution is 2.30. The van der Waals surface area contributed by atoms with Gasteiger partial charge in [-0.1, -0.05) is 18.2 Å². The Hall–Kier alpha value is -1.44. The van der Waals surface area contributed by atoms with E-state index in [9.17, 15) is 18.3 Å². The average Bonchev–Trinajstić information content (AvgIpc) is 2.61. The minimum atomic E-state index is -3.40. The molecular weight excluding hydrogens is 256 g/mol. The number of sulfonamides is 1. The number of carbonyl (C=O) groups excluding carboxylic acids is 1. The first-order valence-corrected chi connectivity index (χ1v) is 7.10. The Balaban J connectivity index is 2.17. The van der Waals surface area contributed by atoms with Gasteiger partial charge in [0.15, 0.2) is 6.23 Å². The molecule has 0 saturated carbocycles. The van der Waals surface area contributed by atoms with Crippen LogP contribution in [0, 0.1) is 0 Å². The van der Waals surface area contributed by atoms with Gasteiger partial charge in [-0.2, -0.15) is 0 Å². The summed E-state index contributed by atoms with van der Waals surface area (Å²) in [5.41, 5.74) is 0.941. The summed E-state index contributed by atoms with van der Waals surface area (Å²) in [6, 6.07) is 6.71. The Bertz CT molecular complexity index is 570. The van der Waals surface area contributed by atoms with Crippen molar-refractivity contribution >= 4 is 15.9 Å². The van der Waals surface area contributed by atoms with Gasteiger partial charge in [-0.15, -0.1) is 0 Å². The van der Waals surface area contributed by atoms with Crippen LogP contribution in [0.1, 0.15) is 22.1 Å². The minimum Gasteiger partial charge on any atom is -0.369 e. The molecule has 98 valence electrons. The first-order chi connectivity index (χ1) is 8.46. The minimum absolute atomic E-state index is 0.0438. The standard InChI is InChI=1S/C11H14N2O4S/c1-12-18(16,17)7-6-13-10(14)8-4-2-3-5-9(8)11(13)15/h2-5,10,12,14H,6-7H2,1H3. The van der Waals surface area contributed by atoms with Gasteiger partial charge in [-0.05, 0) is 13.1 Å². The highest BCUT2D eigenvalue weighted by atomic mass is 32.2. The van der Waals surface area contributed by atoms with Gasteiger partial charge in [0, 0.05) is 17.7 Å². The molecule has 1 heterocycles. The summed E-state index contributed by atoms with van der Waals surface area (Å²) in [6.07, 6.45) is -1.07. The first kappa shape index (κ1) is 13.0. The van der Waals surface area contributed by atoms with Gasteiger partial charge in [0.05, 0.1) is 5.75 Å². The highest BCUT2D eigenvalue weighted by molar-refractivity contribution is 7.89. The SMILES string of the molecule is CNS(=O)(=O)CCN1C(=O)c2ccccc2C1O. The number of fused-ring (bicyclic) bond motifs is 1. The van der Waals surface area contributed by atoms with Crippen molar-refractivity contribution in [2.45, 2.75) is 6.23 Å². The van der Waals surface area contributed by atoms with E-state index in [2.05, 4.69) is 4.72 Å². The number of aliphatic hydroxyl groups is 1. The van der Waals surface area contributed by atoms with Crippen LogP contribution in [0.25, 0.3) is 0 Å². The third-order valence-electron chi connectivity index (χ3n) is 2.94. The Kier molecular flexibility index (Phi) is 3.38. The van der Waals surface area contributed by atoms with E-state index < -0.39 is 16.3 Å². The lowest BCUT2D eigenvalue weighted by Gasteiger charge is -2.20. The second kappa shape index (κ2) is 4.68. The van der Waals surface area contributed by atoms with Crippen LogP contribution >= 0.6 is 0 Å². The zero-order valence-corrected chi connectivity index (χ0v) is 10.6. The van der Waals surface area contributed by atoms with Gasteiger partial charge in [0.25, 0.3) is 5.91 Å². The zero-order chi connectivity index (χ0) is 13.3. The van der Waals surface area contributed by atoms with E-state index in [1.54, 1.807) is 24.3 Å². The number of carbonyl (C=O) groups is 1. The van der Waals surface area contributed by atoms with Crippen molar-refractivity contribution in [3.05, 3.63) is 35.4 Å². The number of benzene rings is 1. The van der Waals surface area contributed by atoms with E-state index in [1.165, 1.54) is 7.05 Å². The highest BCUT2D eigenvalue weighted by Gasteiger charge is 2.35. The summed E-state index contributed by atoms with van der Waals surface area (Å²) in [7, 11) is -2.08. The normalized spacial score (nSPS) is 19.1. The summed E-state index contributed by atoms with van der Waals surface area (Å²) in [4.78, 5) is 13.1. The smallest absolute Gasteiger partial charge is 0.256 e. The van der Waals surface area contributed by atoms with Crippen molar-refractivity contribution in [1.82, 2.24) is 9.62 Å². The van der Waals surface area contributed by atoms with E-state index in [1.807, 2.05) is 0 Å². The second-order valence-corrected chi connectivity index (χ2v) is 6.03. The molecule has 0 aliphatic carbocycles. The number of hydrogen-bond acceptors (Lipinski definition) is 4. The van der Waals surface area contributed by atoms with Crippen LogP contribution in [0.5, 0.6) is 0 Å². The predicted molar refractivity (Wildman–Crippen MR) is 65.3 cm³/mol. The molecule has 6 nitrogen and oxygen atoms in total. The average molecular weight is 270 g/mol. The maximum Gasteiger partial charge on any atom is 0.256 e. The van der Waals surface area contributed by atoms with Crippen LogP contribution in [-0.2, 0) is 10.0 Å². The quantitative estimate of drug-likeness (QED) is 0.785. The fraction of sp³-hybridized carbons (Fsp3) is 0.364. The molecule has 1 aliphatic rings. The van der Waals surface area contributed by atoms with Crippen molar-refractivity contribution in [3.63, 3.8) is 0 Å². The Morgan fingerprint density at radius 3 is 2.67 bits per heavy atom. The Morgan fingerprint density at radius 1 is 1.39 bits per heavy atom. The number of nitrogens with zero attached hydrogens (tertiary/aromatic N) is 1. The van der Waals surface area contributed by atoms with Gasteiger partial charge in [-0.25, -0.2) is 13.1 Å². The Morgan fingerprint density at radius 2 is 2.06 bits per heavy atom. The molecular formula is C11H14N2O4S. The van der Waals surface area contributed by atoms with Crippen LogP contribution in [0.15, 0.2) is 24.3 Å². The molecule has 1 amide bonds. The lowest BCUT2D eigenvalue weighted by atomic mass is 10.1. The molecule has 1 atom stereocenters. The third-order valence-corrected chi connectivity index (χ3v) is 4.28. The number of nitrogens with one attached hydrogen (secondary N) is 1. The summed E-state index contributed by atoms with van der Waals surface area (Å²) in [5.74, 6) is -0.579. The fourth-order valence-corrected chi connectivity index (χ4v) is 2.54. The molecule has 1 unspecified atom stereocenters. The van der Waals surface area contributed by atoms with Crippen molar-refractivity contribution in [2.24, 2.45) is 0 Å². The fourth-order valence-electron chi connectivity index (χ4n) is 1.90. The van der Waals surface area contributed by atoms with Crippen LogP contribution in [0.3, 0.4) is 0 Å². The number of aliphatic hydroxyl groups excluding tert-OH is 1. The van der Waals surface area contributed by atoms with Gasteiger partial charge < -0.3 is 10.0 Å². The molecule has 7 heteroatoms. The largest absolute Gasteiger partial charge is 0.369 e. The number of rotatable bonds is 4. The summed E-state index contributed by atoms with van der Waals surface area (Å²) in [5, 5.41) is 9.97. The lowest BCUT2D eigenvalue weighted by molar-refractivity contribution is 0.0206. The number of amides is 1. The van der Waals surface area contributed by atoms with Crippen LogP contribution in [0.4, 0.5) is 0 Å². The van der Waals surface area contributed by atoms with Gasteiger partial charge in [-0.3, -0.25) is 4.79 Å². The van der Waals surface area contributed by atoms with Crippen LogP contribution in [0.2, 0.25) is 0 Å². The maximum atomic E-state index is 12.0. The predicted octanol–water partition coefficient (Wildman–Crippen LogP) is -0.317. The second-order valence-electron chi connectivity index (χ2n) is 3.98. The molecule has 0 spiro atoms. The van der Waals surface area contributed by atoms with E-state index in [4.69, 9.17) is 0 Å². The molecule has 1 aromatic rings. The van der Waals surface area contributed by atoms with Crippen molar-refractivity contribution < 1.29 is 18.3 Å². The molecule has 0 radical (unpaired) electrons. The monoisotopic (exact) mass is 270 g/mol. The zero-order valence-electron chi connectivity index (χ0n) is 9.83. The van der Waals surface area contributed by atoms with Crippen molar-refractivity contribution in [3.8, 4) is 0 Å². The topological polar surface area (TPSA) is 86.7 Å². The molecule has 2 rings (SSSR count). The molecule has 0 saturated heterocycles. The summed E-state index contributed by atoms with van der Waals surface area (Å²) in [6.45, 7) is -0.0438. The van der Waals surface area contributed by atoms with Crippen molar-refractivity contribution in [2.75, 3.05) is 19.3 Å². The van der Waals surface area contributed by atoms with Gasteiger partial charge >= 0.3 is 0 Å². The Labute approximate surface area is 105 Å². The van der Waals surface area contributed by atoms with Crippen LogP contribution in [-0.4, -0.2) is 43.7 Å². The van der Waals surface area contributed by atoms with Crippen LogP contribution < -0.4 is 4.72 Å². The molecule has 2 N–H and O–H groups in total. The van der Waals surface area contributed by atoms with Gasteiger partial charge in [0.2, 0.25) is 10.0 Å². The molecule has 18 heavy (non-hydrogen) atoms.